The van der Waals surface area contributed by atoms with Gasteiger partial charge in [0.2, 0.25) is 0 Å². The number of esters is 1. The van der Waals surface area contributed by atoms with E-state index in [1.165, 1.54) is 36.4 Å². The maximum absolute atomic E-state index is 13.2. The number of ether oxygens (including phenoxy) is 2. The number of carbonyl (C=O) groups excluding carboxylic acids is 2. The minimum absolute atomic E-state index is 0.0627. The number of nitrogens with zero attached hydrogens (tertiary/aromatic N) is 3. The quantitative estimate of drug-likeness (QED) is 0.276. The largest absolute Gasteiger partial charge is 0.504 e. The second-order valence-electron chi connectivity index (χ2n) is 7.08. The van der Waals surface area contributed by atoms with Crippen LogP contribution in [0.4, 0.5) is 11.4 Å². The van der Waals surface area contributed by atoms with Crippen LogP contribution in [0, 0.1) is 10.1 Å². The summed E-state index contributed by atoms with van der Waals surface area (Å²) in [5, 5.41) is 27.3. The predicted molar refractivity (Wildman–Crippen MR) is 122 cm³/mol. The minimum Gasteiger partial charge on any atom is -0.504 e. The van der Waals surface area contributed by atoms with Gasteiger partial charge in [-0.2, -0.15) is 10.1 Å². The zero-order valence-corrected chi connectivity index (χ0v) is 18.4. The van der Waals surface area contributed by atoms with Crippen molar-refractivity contribution in [3.05, 3.63) is 63.2 Å². The Morgan fingerprint density at radius 3 is 2.52 bits per heavy atom. The van der Waals surface area contributed by atoms with Crippen LogP contribution >= 0.6 is 0 Å². The Morgan fingerprint density at radius 1 is 1.24 bits per heavy atom. The number of methoxy groups -OCH3 is 1. The molecule has 10 nitrogen and oxygen atoms in total. The number of amides is 1. The third kappa shape index (κ3) is 4.84. The number of aromatic hydroxyl groups is 1. The number of carbonyl (C=O) groups is 2. The molecule has 33 heavy (non-hydrogen) atoms. The van der Waals surface area contributed by atoms with Crippen LogP contribution in [0.15, 0.2) is 47.1 Å². The number of nitro benzene ring substituents is 1. The van der Waals surface area contributed by atoms with E-state index in [2.05, 4.69) is 5.10 Å². The van der Waals surface area contributed by atoms with Crippen molar-refractivity contribution in [1.29, 1.82) is 0 Å². The standard InChI is InChI=1S/C23H23N3O7/c1-4-6-19-18(12-15-11-17(26(30)31)13-20(32-3)21(15)27)22(28)25(24-19)16-9-7-14(8-10-16)23(29)33-5-2/h7-13,27H,4-6H2,1-3H3. The molecule has 172 valence electrons. The van der Waals surface area contributed by atoms with E-state index >= 15 is 0 Å². The van der Waals surface area contributed by atoms with Gasteiger partial charge >= 0.3 is 5.97 Å². The number of hydrogen-bond donors (Lipinski definition) is 1. The van der Waals surface area contributed by atoms with E-state index in [0.717, 1.165) is 6.07 Å². The topological polar surface area (TPSA) is 132 Å². The average Bonchev–Trinajstić information content (AvgIpc) is 3.10. The third-order valence-corrected chi connectivity index (χ3v) is 4.88. The summed E-state index contributed by atoms with van der Waals surface area (Å²) in [6.07, 6.45) is 2.54. The van der Waals surface area contributed by atoms with Gasteiger partial charge in [0.15, 0.2) is 11.5 Å². The minimum atomic E-state index is -0.612. The number of non-ortho nitro benzene ring substituents is 1. The highest BCUT2D eigenvalue weighted by atomic mass is 16.6. The van der Waals surface area contributed by atoms with E-state index in [9.17, 15) is 24.8 Å². The van der Waals surface area contributed by atoms with Crippen LogP contribution in [-0.2, 0) is 9.53 Å². The Bertz CT molecular complexity index is 1150. The fourth-order valence-electron chi connectivity index (χ4n) is 3.29. The summed E-state index contributed by atoms with van der Waals surface area (Å²) in [5.41, 5.74) is 1.22. The van der Waals surface area contributed by atoms with Gasteiger partial charge in [0.25, 0.3) is 11.6 Å². The lowest BCUT2D eigenvalue weighted by molar-refractivity contribution is -0.385. The molecule has 1 aliphatic heterocycles. The predicted octanol–water partition coefficient (Wildman–Crippen LogP) is 4.07. The van der Waals surface area contributed by atoms with E-state index in [1.807, 2.05) is 6.92 Å². The Labute approximate surface area is 189 Å². The highest BCUT2D eigenvalue weighted by molar-refractivity contribution is 6.32. The maximum atomic E-state index is 13.2. The molecule has 1 heterocycles. The van der Waals surface area contributed by atoms with Crippen molar-refractivity contribution in [3.8, 4) is 11.5 Å². The first-order valence-corrected chi connectivity index (χ1v) is 10.3. The molecule has 0 saturated carbocycles. The van der Waals surface area contributed by atoms with Crippen molar-refractivity contribution >= 4 is 35.0 Å². The van der Waals surface area contributed by atoms with Gasteiger partial charge in [0, 0.05) is 11.6 Å². The zero-order valence-electron chi connectivity index (χ0n) is 18.4. The molecule has 0 aliphatic carbocycles. The van der Waals surface area contributed by atoms with Gasteiger partial charge in [0.1, 0.15) is 0 Å². The third-order valence-electron chi connectivity index (χ3n) is 4.88. The second kappa shape index (κ2) is 9.94. The molecule has 0 atom stereocenters. The van der Waals surface area contributed by atoms with Gasteiger partial charge < -0.3 is 14.6 Å². The van der Waals surface area contributed by atoms with Gasteiger partial charge in [-0.05, 0) is 43.7 Å². The number of phenols is 1. The number of anilines is 1. The van der Waals surface area contributed by atoms with Crippen molar-refractivity contribution in [3.63, 3.8) is 0 Å². The van der Waals surface area contributed by atoms with Crippen LogP contribution in [0.2, 0.25) is 0 Å². The summed E-state index contributed by atoms with van der Waals surface area (Å²) in [5.74, 6) is -1.34. The van der Waals surface area contributed by atoms with E-state index < -0.39 is 16.8 Å². The van der Waals surface area contributed by atoms with Crippen molar-refractivity contribution < 1.29 is 29.1 Å². The number of hydrogen-bond acceptors (Lipinski definition) is 8. The molecule has 0 unspecified atom stereocenters. The molecule has 3 rings (SSSR count). The molecule has 1 aliphatic rings. The summed E-state index contributed by atoms with van der Waals surface area (Å²) in [4.78, 5) is 35.7. The van der Waals surface area contributed by atoms with Crippen LogP contribution in [0.1, 0.15) is 42.6 Å². The first kappa shape index (κ1) is 23.5. The summed E-state index contributed by atoms with van der Waals surface area (Å²) in [6.45, 7) is 3.89. The van der Waals surface area contributed by atoms with Crippen molar-refractivity contribution in [2.24, 2.45) is 5.10 Å². The monoisotopic (exact) mass is 453 g/mol. The normalized spacial score (nSPS) is 14.4. The molecule has 0 bridgehead atoms. The van der Waals surface area contributed by atoms with Crippen LogP contribution in [0.5, 0.6) is 11.5 Å². The summed E-state index contributed by atoms with van der Waals surface area (Å²) >= 11 is 0. The number of benzene rings is 2. The summed E-state index contributed by atoms with van der Waals surface area (Å²) in [6, 6.07) is 8.50. The molecule has 1 amide bonds. The first-order valence-electron chi connectivity index (χ1n) is 10.3. The van der Waals surface area contributed by atoms with Crippen LogP contribution in [0.3, 0.4) is 0 Å². The lowest BCUT2D eigenvalue weighted by Gasteiger charge is -2.12. The first-order chi connectivity index (χ1) is 15.8. The average molecular weight is 453 g/mol. The SMILES string of the molecule is CCCC1=NN(c2ccc(C(=O)OCC)cc2)C(=O)C1=Cc1cc([N+](=O)[O-])cc(OC)c1O. The molecule has 10 heteroatoms. The van der Waals surface area contributed by atoms with Gasteiger partial charge in [-0.15, -0.1) is 0 Å². The van der Waals surface area contributed by atoms with Crippen LogP contribution < -0.4 is 9.75 Å². The number of rotatable bonds is 8. The van der Waals surface area contributed by atoms with Crippen molar-refractivity contribution in [2.45, 2.75) is 26.7 Å². The number of nitro groups is 1. The zero-order chi connectivity index (χ0) is 24.1. The number of phenolic OH excluding ortho intramolecular Hbond substituents is 1. The Kier molecular flexibility index (Phi) is 7.07. The molecule has 2 aromatic carbocycles. The molecule has 0 spiro atoms. The molecule has 1 N–H and O–H groups in total. The molecular weight excluding hydrogens is 430 g/mol. The highest BCUT2D eigenvalue weighted by Crippen LogP contribution is 2.37. The Morgan fingerprint density at radius 2 is 1.94 bits per heavy atom. The van der Waals surface area contributed by atoms with E-state index in [-0.39, 0.29) is 34.9 Å². The summed E-state index contributed by atoms with van der Waals surface area (Å²) in [7, 11) is 1.28. The van der Waals surface area contributed by atoms with Crippen molar-refractivity contribution in [2.75, 3.05) is 18.7 Å². The fourth-order valence-corrected chi connectivity index (χ4v) is 3.29. The molecule has 2 aromatic rings. The fraction of sp³-hybridized carbons (Fsp3) is 0.261. The molecule has 0 aromatic heterocycles. The smallest absolute Gasteiger partial charge is 0.338 e. The van der Waals surface area contributed by atoms with Crippen LogP contribution in [-0.4, -0.2) is 41.3 Å². The van der Waals surface area contributed by atoms with Gasteiger partial charge in [0.05, 0.1) is 47.2 Å². The molecule has 0 fully saturated rings. The highest BCUT2D eigenvalue weighted by Gasteiger charge is 2.31. The van der Waals surface area contributed by atoms with Gasteiger partial charge in [-0.3, -0.25) is 14.9 Å². The molecular formula is C23H23N3O7. The Hall–Kier alpha value is -4.21. The second-order valence-corrected chi connectivity index (χ2v) is 7.08. The van der Waals surface area contributed by atoms with Crippen molar-refractivity contribution in [1.82, 2.24) is 0 Å². The van der Waals surface area contributed by atoms with E-state index in [1.54, 1.807) is 19.1 Å². The maximum Gasteiger partial charge on any atom is 0.338 e. The van der Waals surface area contributed by atoms with Gasteiger partial charge in [-0.25, -0.2) is 4.79 Å². The van der Waals surface area contributed by atoms with Crippen LogP contribution in [0.25, 0.3) is 6.08 Å². The van der Waals surface area contributed by atoms with E-state index in [4.69, 9.17) is 9.47 Å². The number of hydrazone groups is 1. The lowest BCUT2D eigenvalue weighted by Crippen LogP contribution is -2.21. The van der Waals surface area contributed by atoms with Gasteiger partial charge in [-0.1, -0.05) is 13.3 Å². The molecule has 0 saturated heterocycles. The molecule has 0 radical (unpaired) electrons. The summed E-state index contributed by atoms with van der Waals surface area (Å²) < 4.78 is 10.00. The lowest BCUT2D eigenvalue weighted by atomic mass is 10.0. The Balaban J connectivity index is 2.01. The van der Waals surface area contributed by atoms with E-state index in [0.29, 0.717) is 29.8 Å².